The van der Waals surface area contributed by atoms with Crippen molar-refractivity contribution in [3.05, 3.63) is 69.6 Å². The van der Waals surface area contributed by atoms with Crippen LogP contribution in [0.1, 0.15) is 40.5 Å². The maximum Gasteiger partial charge on any atom is 0.187 e. The Labute approximate surface area is 182 Å². The van der Waals surface area contributed by atoms with Crippen molar-refractivity contribution < 1.29 is 9.18 Å². The molecule has 0 saturated carbocycles. The zero-order chi connectivity index (χ0) is 21.3. The molecule has 2 aromatic heterocycles. The molecule has 1 atom stereocenters. The molecule has 154 valence electrons. The SMILES string of the molecule is Cc1cscc1-c1cnc(C(=O)Cc2ccc(F)c([C@]3(C)CCSC(N)=N3)c2)cn1. The number of aromatic nitrogens is 2. The van der Waals surface area contributed by atoms with Gasteiger partial charge in [0.15, 0.2) is 11.0 Å². The van der Waals surface area contributed by atoms with E-state index in [-0.39, 0.29) is 18.0 Å². The fourth-order valence-corrected chi connectivity index (χ4v) is 5.30. The van der Waals surface area contributed by atoms with E-state index < -0.39 is 5.54 Å². The van der Waals surface area contributed by atoms with Gasteiger partial charge >= 0.3 is 0 Å². The van der Waals surface area contributed by atoms with Crippen LogP contribution in [-0.4, -0.2) is 26.7 Å². The number of ketones is 1. The average Bonchev–Trinajstić information content (AvgIpc) is 3.15. The van der Waals surface area contributed by atoms with Crippen molar-refractivity contribution in [1.82, 2.24) is 9.97 Å². The van der Waals surface area contributed by atoms with Gasteiger partial charge < -0.3 is 5.73 Å². The molecule has 1 aromatic carbocycles. The molecule has 1 aliphatic heterocycles. The van der Waals surface area contributed by atoms with Gasteiger partial charge in [-0.05, 0) is 48.9 Å². The average molecular weight is 441 g/mol. The highest BCUT2D eigenvalue weighted by Gasteiger charge is 2.32. The van der Waals surface area contributed by atoms with E-state index in [4.69, 9.17) is 5.73 Å². The second-order valence-corrected chi connectivity index (χ2v) is 9.35. The van der Waals surface area contributed by atoms with Crippen LogP contribution in [0.3, 0.4) is 0 Å². The Bertz CT molecular complexity index is 1130. The van der Waals surface area contributed by atoms with Crippen molar-refractivity contribution in [2.75, 3.05) is 5.75 Å². The van der Waals surface area contributed by atoms with Crippen LogP contribution in [0.4, 0.5) is 4.39 Å². The van der Waals surface area contributed by atoms with Crippen LogP contribution in [-0.2, 0) is 12.0 Å². The normalized spacial score (nSPS) is 18.8. The molecule has 0 bridgehead atoms. The molecule has 0 aliphatic carbocycles. The molecule has 0 radical (unpaired) electrons. The summed E-state index contributed by atoms with van der Waals surface area (Å²) in [5.74, 6) is 0.272. The van der Waals surface area contributed by atoms with Gasteiger partial charge in [-0.1, -0.05) is 17.8 Å². The predicted molar refractivity (Wildman–Crippen MR) is 121 cm³/mol. The van der Waals surface area contributed by atoms with Crippen molar-refractivity contribution in [1.29, 1.82) is 0 Å². The first-order valence-electron chi connectivity index (χ1n) is 9.51. The Hall–Kier alpha value is -2.58. The summed E-state index contributed by atoms with van der Waals surface area (Å²) < 4.78 is 14.6. The van der Waals surface area contributed by atoms with Gasteiger partial charge in [0.25, 0.3) is 0 Å². The van der Waals surface area contributed by atoms with E-state index in [1.165, 1.54) is 24.0 Å². The molecule has 0 fully saturated rings. The van der Waals surface area contributed by atoms with Crippen LogP contribution in [0.15, 0.2) is 46.3 Å². The predicted octanol–water partition coefficient (Wildman–Crippen LogP) is 4.74. The number of benzene rings is 1. The molecule has 5 nitrogen and oxygen atoms in total. The summed E-state index contributed by atoms with van der Waals surface area (Å²) in [5.41, 5.74) is 9.51. The summed E-state index contributed by atoms with van der Waals surface area (Å²) in [5, 5.41) is 4.52. The van der Waals surface area contributed by atoms with Gasteiger partial charge in [-0.15, -0.1) is 0 Å². The summed E-state index contributed by atoms with van der Waals surface area (Å²) in [4.78, 5) is 25.9. The first-order chi connectivity index (χ1) is 14.4. The lowest BCUT2D eigenvalue weighted by atomic mass is 9.87. The number of nitrogens with two attached hydrogens (primary N) is 1. The highest BCUT2D eigenvalue weighted by Crippen LogP contribution is 2.36. The number of thioether (sulfide) groups is 1. The fourth-order valence-electron chi connectivity index (χ4n) is 3.49. The van der Waals surface area contributed by atoms with Crippen molar-refractivity contribution >= 4 is 34.0 Å². The van der Waals surface area contributed by atoms with Crippen molar-refractivity contribution in [3.63, 3.8) is 0 Å². The number of halogens is 1. The van der Waals surface area contributed by atoms with Crippen LogP contribution in [0, 0.1) is 12.7 Å². The van der Waals surface area contributed by atoms with Crippen molar-refractivity contribution in [2.24, 2.45) is 10.7 Å². The Balaban J connectivity index is 1.55. The van der Waals surface area contributed by atoms with Crippen molar-refractivity contribution in [3.8, 4) is 11.3 Å². The fraction of sp³-hybridized carbons (Fsp3) is 0.273. The minimum absolute atomic E-state index is 0.114. The molecule has 30 heavy (non-hydrogen) atoms. The molecule has 3 aromatic rings. The van der Waals surface area contributed by atoms with Crippen molar-refractivity contribution in [2.45, 2.75) is 32.2 Å². The first kappa shape index (κ1) is 20.7. The lowest BCUT2D eigenvalue weighted by molar-refractivity contribution is 0.0987. The van der Waals surface area contributed by atoms with E-state index in [9.17, 15) is 9.18 Å². The van der Waals surface area contributed by atoms with Crippen LogP contribution < -0.4 is 5.73 Å². The lowest BCUT2D eigenvalue weighted by Crippen LogP contribution is -2.29. The van der Waals surface area contributed by atoms with Gasteiger partial charge in [0.1, 0.15) is 11.5 Å². The van der Waals surface area contributed by atoms with Gasteiger partial charge in [-0.25, -0.2) is 9.37 Å². The Morgan fingerprint density at radius 1 is 1.27 bits per heavy atom. The summed E-state index contributed by atoms with van der Waals surface area (Å²) >= 11 is 3.07. The zero-order valence-corrected chi connectivity index (χ0v) is 18.3. The minimum atomic E-state index is -0.724. The maximum absolute atomic E-state index is 14.6. The van der Waals surface area contributed by atoms with Gasteiger partial charge in [0.05, 0.1) is 23.6 Å². The Morgan fingerprint density at radius 3 is 2.77 bits per heavy atom. The number of Topliss-reactive ketones (excluding diaryl/α,β-unsaturated/α-hetero) is 1. The second kappa shape index (κ2) is 8.28. The third-order valence-electron chi connectivity index (χ3n) is 5.24. The number of hydrogen-bond acceptors (Lipinski definition) is 7. The molecule has 0 unspecified atom stereocenters. The highest BCUT2D eigenvalue weighted by molar-refractivity contribution is 8.13. The van der Waals surface area contributed by atoms with Crippen LogP contribution in [0.5, 0.6) is 0 Å². The molecule has 0 amide bonds. The first-order valence-corrected chi connectivity index (χ1v) is 11.4. The van der Waals surface area contributed by atoms with E-state index >= 15 is 0 Å². The standard InChI is InChI=1S/C22H21FN4OS2/c1-13-11-29-12-15(13)18-9-26-19(10-25-18)20(28)8-14-3-4-17(23)16(7-14)22(2)5-6-30-21(24)27-22/h3-4,7,9-12H,5-6,8H2,1-2H3,(H2,24,27)/t22-/m0/s1. The minimum Gasteiger partial charge on any atom is -0.379 e. The van der Waals surface area contributed by atoms with Crippen LogP contribution in [0.2, 0.25) is 0 Å². The smallest absolute Gasteiger partial charge is 0.187 e. The number of nitrogens with zero attached hydrogens (tertiary/aromatic N) is 3. The molecule has 0 saturated heterocycles. The topological polar surface area (TPSA) is 81.2 Å². The van der Waals surface area contributed by atoms with E-state index in [1.54, 1.807) is 29.7 Å². The molecule has 8 heteroatoms. The largest absolute Gasteiger partial charge is 0.379 e. The highest BCUT2D eigenvalue weighted by atomic mass is 32.2. The third-order valence-corrected chi connectivity index (χ3v) is 6.90. The second-order valence-electron chi connectivity index (χ2n) is 7.49. The third kappa shape index (κ3) is 4.15. The molecule has 3 heterocycles. The van der Waals surface area contributed by atoms with E-state index in [0.717, 1.165) is 22.6 Å². The number of aryl methyl sites for hydroxylation is 1. The van der Waals surface area contributed by atoms with Gasteiger partial charge in [0, 0.05) is 28.7 Å². The monoisotopic (exact) mass is 440 g/mol. The number of rotatable bonds is 5. The number of carbonyl (C=O) groups is 1. The van der Waals surface area contributed by atoms with Crippen LogP contribution >= 0.6 is 23.1 Å². The van der Waals surface area contributed by atoms with E-state index in [2.05, 4.69) is 15.0 Å². The number of carbonyl (C=O) groups excluding carboxylic acids is 1. The maximum atomic E-state index is 14.6. The van der Waals surface area contributed by atoms with Crippen LogP contribution in [0.25, 0.3) is 11.3 Å². The number of hydrogen-bond donors (Lipinski definition) is 1. The van der Waals surface area contributed by atoms with Gasteiger partial charge in [-0.2, -0.15) is 11.3 Å². The summed E-state index contributed by atoms with van der Waals surface area (Å²) in [6, 6.07) is 4.74. The molecule has 0 spiro atoms. The van der Waals surface area contributed by atoms with Gasteiger partial charge in [-0.3, -0.25) is 14.8 Å². The van der Waals surface area contributed by atoms with E-state index in [1.807, 2.05) is 24.6 Å². The number of amidine groups is 1. The number of thiophene rings is 1. The molecule has 1 aliphatic rings. The quantitative estimate of drug-likeness (QED) is 0.579. The molecular formula is C22H21FN4OS2. The lowest BCUT2D eigenvalue weighted by Gasteiger charge is -2.30. The Kier molecular flexibility index (Phi) is 5.71. The molecule has 2 N–H and O–H groups in total. The van der Waals surface area contributed by atoms with E-state index in [0.29, 0.717) is 28.4 Å². The summed E-state index contributed by atoms with van der Waals surface area (Å²) in [7, 11) is 0. The molecule has 4 rings (SSSR count). The summed E-state index contributed by atoms with van der Waals surface area (Å²) in [6.45, 7) is 3.89. The van der Waals surface area contributed by atoms with Gasteiger partial charge in [0.2, 0.25) is 0 Å². The Morgan fingerprint density at radius 2 is 2.10 bits per heavy atom. The zero-order valence-electron chi connectivity index (χ0n) is 16.7. The number of aliphatic imine (C=N–C) groups is 1. The molecular weight excluding hydrogens is 419 g/mol. The summed E-state index contributed by atoms with van der Waals surface area (Å²) in [6.07, 6.45) is 3.92.